The molecule has 1 heterocycles. The standard InChI is InChI=1S/C15H24N2O2/c1-10(2)6-14(18)15(19)17(5)9-13-8-11(3)7-12(4)16-13/h7-8,10,14,18H,6,9H2,1-5H3/t14-/m1/s1. The highest BCUT2D eigenvalue weighted by atomic mass is 16.3. The lowest BCUT2D eigenvalue weighted by Crippen LogP contribution is -2.36. The van der Waals surface area contributed by atoms with Gasteiger partial charge in [-0.2, -0.15) is 0 Å². The van der Waals surface area contributed by atoms with Gasteiger partial charge >= 0.3 is 0 Å². The van der Waals surface area contributed by atoms with Crippen LogP contribution in [-0.2, 0) is 11.3 Å². The van der Waals surface area contributed by atoms with E-state index in [-0.39, 0.29) is 5.91 Å². The van der Waals surface area contributed by atoms with Crippen molar-refractivity contribution in [3.05, 3.63) is 29.1 Å². The zero-order chi connectivity index (χ0) is 14.6. The van der Waals surface area contributed by atoms with Gasteiger partial charge in [-0.15, -0.1) is 0 Å². The van der Waals surface area contributed by atoms with Crippen LogP contribution in [0.25, 0.3) is 0 Å². The first-order valence-corrected chi connectivity index (χ1v) is 6.66. The molecule has 19 heavy (non-hydrogen) atoms. The van der Waals surface area contributed by atoms with Crippen LogP contribution in [-0.4, -0.2) is 34.0 Å². The molecule has 4 nitrogen and oxygen atoms in total. The van der Waals surface area contributed by atoms with Gasteiger partial charge in [-0.3, -0.25) is 9.78 Å². The molecule has 0 aromatic carbocycles. The van der Waals surface area contributed by atoms with Gasteiger partial charge in [0.2, 0.25) is 0 Å². The van der Waals surface area contributed by atoms with Gasteiger partial charge in [0.15, 0.2) is 0 Å². The number of aliphatic hydroxyl groups is 1. The highest BCUT2D eigenvalue weighted by molar-refractivity contribution is 5.80. The molecule has 0 aliphatic carbocycles. The Labute approximate surface area is 115 Å². The lowest BCUT2D eigenvalue weighted by Gasteiger charge is -2.21. The number of carbonyl (C=O) groups is 1. The van der Waals surface area contributed by atoms with Gasteiger partial charge in [0.25, 0.3) is 5.91 Å². The third kappa shape index (κ3) is 4.99. The van der Waals surface area contributed by atoms with Crippen LogP contribution in [0.3, 0.4) is 0 Å². The summed E-state index contributed by atoms with van der Waals surface area (Å²) in [4.78, 5) is 17.9. The Kier molecular flexibility index (Phi) is 5.48. The minimum atomic E-state index is -0.920. The maximum atomic E-state index is 12.0. The normalized spacial score (nSPS) is 12.6. The summed E-state index contributed by atoms with van der Waals surface area (Å²) in [6, 6.07) is 3.96. The summed E-state index contributed by atoms with van der Waals surface area (Å²) in [5.74, 6) is 0.0568. The third-order valence-electron chi connectivity index (χ3n) is 2.91. The summed E-state index contributed by atoms with van der Waals surface area (Å²) in [7, 11) is 1.70. The highest BCUT2D eigenvalue weighted by Crippen LogP contribution is 2.10. The van der Waals surface area contributed by atoms with Crippen LogP contribution in [0, 0.1) is 19.8 Å². The number of pyridine rings is 1. The van der Waals surface area contributed by atoms with E-state index in [2.05, 4.69) is 4.98 Å². The first kappa shape index (κ1) is 15.6. The molecule has 0 fully saturated rings. The molecular formula is C15H24N2O2. The molecular weight excluding hydrogens is 240 g/mol. The number of aryl methyl sites for hydroxylation is 2. The molecule has 106 valence electrons. The lowest BCUT2D eigenvalue weighted by atomic mass is 10.1. The fraction of sp³-hybridized carbons (Fsp3) is 0.600. The number of aromatic nitrogens is 1. The predicted molar refractivity (Wildman–Crippen MR) is 75.6 cm³/mol. The van der Waals surface area contributed by atoms with E-state index in [9.17, 15) is 9.90 Å². The zero-order valence-corrected chi connectivity index (χ0v) is 12.5. The van der Waals surface area contributed by atoms with E-state index in [1.54, 1.807) is 7.05 Å². The number of hydrogen-bond donors (Lipinski definition) is 1. The van der Waals surface area contributed by atoms with Crippen LogP contribution in [0.1, 0.15) is 37.2 Å². The molecule has 0 unspecified atom stereocenters. The largest absolute Gasteiger partial charge is 0.383 e. The van der Waals surface area contributed by atoms with Crippen LogP contribution >= 0.6 is 0 Å². The molecule has 1 amide bonds. The average Bonchev–Trinajstić information content (AvgIpc) is 2.25. The summed E-state index contributed by atoms with van der Waals surface area (Å²) in [6.07, 6.45) is -0.431. The van der Waals surface area contributed by atoms with Crippen LogP contribution in [0.4, 0.5) is 0 Å². The summed E-state index contributed by atoms with van der Waals surface area (Å²) >= 11 is 0. The molecule has 4 heteroatoms. The smallest absolute Gasteiger partial charge is 0.251 e. The van der Waals surface area contributed by atoms with Crippen molar-refractivity contribution in [3.63, 3.8) is 0 Å². The molecule has 0 saturated heterocycles. The first-order valence-electron chi connectivity index (χ1n) is 6.66. The second kappa shape index (κ2) is 6.66. The maximum Gasteiger partial charge on any atom is 0.251 e. The first-order chi connectivity index (χ1) is 8.79. The topological polar surface area (TPSA) is 53.4 Å². The number of rotatable bonds is 5. The molecule has 0 aliphatic rings. The molecule has 1 rings (SSSR count). The van der Waals surface area contributed by atoms with E-state index in [4.69, 9.17) is 0 Å². The molecule has 1 aromatic heterocycles. The fourth-order valence-corrected chi connectivity index (χ4v) is 2.13. The van der Waals surface area contributed by atoms with Crippen molar-refractivity contribution < 1.29 is 9.90 Å². The van der Waals surface area contributed by atoms with E-state index < -0.39 is 6.10 Å². The van der Waals surface area contributed by atoms with E-state index in [0.29, 0.717) is 18.9 Å². The van der Waals surface area contributed by atoms with Gasteiger partial charge < -0.3 is 10.0 Å². The Balaban J connectivity index is 2.68. The van der Waals surface area contributed by atoms with Crippen molar-refractivity contribution in [1.29, 1.82) is 0 Å². The molecule has 1 N–H and O–H groups in total. The summed E-state index contributed by atoms with van der Waals surface area (Å²) in [6.45, 7) is 8.35. The number of carbonyl (C=O) groups excluding carboxylic acids is 1. The van der Waals surface area contributed by atoms with Gasteiger partial charge in [0, 0.05) is 12.7 Å². The number of nitrogens with zero attached hydrogens (tertiary/aromatic N) is 2. The molecule has 0 spiro atoms. The Morgan fingerprint density at radius 2 is 2.00 bits per heavy atom. The lowest BCUT2D eigenvalue weighted by molar-refractivity contribution is -0.140. The van der Waals surface area contributed by atoms with Gasteiger partial charge in [0.05, 0.1) is 12.2 Å². The molecule has 0 saturated carbocycles. The second-order valence-corrected chi connectivity index (χ2v) is 5.62. The Hall–Kier alpha value is -1.42. The molecule has 0 radical (unpaired) electrons. The van der Waals surface area contributed by atoms with Gasteiger partial charge in [-0.1, -0.05) is 13.8 Å². The summed E-state index contributed by atoms with van der Waals surface area (Å²) in [5, 5.41) is 9.83. The third-order valence-corrected chi connectivity index (χ3v) is 2.91. The van der Waals surface area contributed by atoms with Crippen molar-refractivity contribution in [2.45, 2.75) is 46.8 Å². The van der Waals surface area contributed by atoms with E-state index in [1.165, 1.54) is 4.90 Å². The van der Waals surface area contributed by atoms with Crippen molar-refractivity contribution in [2.75, 3.05) is 7.05 Å². The Bertz CT molecular complexity index is 424. The monoisotopic (exact) mass is 264 g/mol. The minimum Gasteiger partial charge on any atom is -0.383 e. The molecule has 1 aromatic rings. The zero-order valence-electron chi connectivity index (χ0n) is 12.5. The fourth-order valence-electron chi connectivity index (χ4n) is 2.13. The van der Waals surface area contributed by atoms with Crippen LogP contribution in [0.5, 0.6) is 0 Å². The van der Waals surface area contributed by atoms with Gasteiger partial charge in [-0.05, 0) is 43.9 Å². The summed E-state index contributed by atoms with van der Waals surface area (Å²) < 4.78 is 0. The van der Waals surface area contributed by atoms with Crippen molar-refractivity contribution in [1.82, 2.24) is 9.88 Å². The van der Waals surface area contributed by atoms with Crippen molar-refractivity contribution in [3.8, 4) is 0 Å². The number of aliphatic hydroxyl groups excluding tert-OH is 1. The highest BCUT2D eigenvalue weighted by Gasteiger charge is 2.20. The molecule has 0 aliphatic heterocycles. The molecule has 0 bridgehead atoms. The second-order valence-electron chi connectivity index (χ2n) is 5.62. The Morgan fingerprint density at radius 3 is 2.53 bits per heavy atom. The number of amides is 1. The minimum absolute atomic E-state index is 0.241. The SMILES string of the molecule is Cc1cc(C)nc(CN(C)C(=O)[C@H](O)CC(C)C)c1. The van der Waals surface area contributed by atoms with Crippen LogP contribution < -0.4 is 0 Å². The van der Waals surface area contributed by atoms with Gasteiger partial charge in [-0.25, -0.2) is 0 Å². The number of hydrogen-bond acceptors (Lipinski definition) is 3. The van der Waals surface area contributed by atoms with E-state index >= 15 is 0 Å². The van der Waals surface area contributed by atoms with Crippen LogP contribution in [0.2, 0.25) is 0 Å². The van der Waals surface area contributed by atoms with Crippen molar-refractivity contribution >= 4 is 5.91 Å². The maximum absolute atomic E-state index is 12.0. The Morgan fingerprint density at radius 1 is 1.37 bits per heavy atom. The summed E-state index contributed by atoms with van der Waals surface area (Å²) in [5.41, 5.74) is 2.93. The van der Waals surface area contributed by atoms with Gasteiger partial charge in [0.1, 0.15) is 6.10 Å². The number of likely N-dealkylation sites (N-methyl/N-ethyl adjacent to an activating group) is 1. The molecule has 1 atom stereocenters. The quantitative estimate of drug-likeness (QED) is 0.885. The van der Waals surface area contributed by atoms with E-state index in [1.807, 2.05) is 39.8 Å². The van der Waals surface area contributed by atoms with E-state index in [0.717, 1.165) is 17.0 Å². The predicted octanol–water partition coefficient (Wildman–Crippen LogP) is 2.06. The van der Waals surface area contributed by atoms with Crippen LogP contribution in [0.15, 0.2) is 12.1 Å². The van der Waals surface area contributed by atoms with Crippen molar-refractivity contribution in [2.24, 2.45) is 5.92 Å². The average molecular weight is 264 g/mol.